The fourth-order valence-electron chi connectivity index (χ4n) is 4.01. The number of piperazine rings is 1. The van der Waals surface area contributed by atoms with Crippen LogP contribution in [0, 0.1) is 5.82 Å². The number of amides is 2. The molecule has 0 aliphatic carbocycles. The molecule has 12 heteroatoms. The number of nitrogens with one attached hydrogen (secondary N) is 2. The molecule has 1 aromatic carbocycles. The van der Waals surface area contributed by atoms with Gasteiger partial charge in [-0.05, 0) is 52.0 Å². The van der Waals surface area contributed by atoms with Crippen molar-refractivity contribution in [1.29, 1.82) is 0 Å². The molecule has 2 saturated heterocycles. The summed E-state index contributed by atoms with van der Waals surface area (Å²) in [6, 6.07) is 7.62. The number of halogens is 1. The van der Waals surface area contributed by atoms with Gasteiger partial charge in [0.25, 0.3) is 0 Å². The Morgan fingerprint density at radius 2 is 1.73 bits per heavy atom. The zero-order valence-corrected chi connectivity index (χ0v) is 21.7. The van der Waals surface area contributed by atoms with Gasteiger partial charge in [-0.25, -0.2) is 19.0 Å². The molecule has 3 heterocycles. The van der Waals surface area contributed by atoms with Crippen LogP contribution in [0.3, 0.4) is 0 Å². The Morgan fingerprint density at radius 1 is 1.05 bits per heavy atom. The van der Waals surface area contributed by atoms with Crippen LogP contribution in [-0.4, -0.2) is 89.5 Å². The van der Waals surface area contributed by atoms with Crippen LogP contribution in [0.1, 0.15) is 27.7 Å². The lowest BCUT2D eigenvalue weighted by Crippen LogP contribution is -2.58. The van der Waals surface area contributed by atoms with E-state index in [-0.39, 0.29) is 30.0 Å². The highest BCUT2D eigenvalue weighted by molar-refractivity contribution is 5.70. The molecule has 4 rings (SSSR count). The van der Waals surface area contributed by atoms with Crippen LogP contribution < -0.4 is 15.5 Å². The van der Waals surface area contributed by atoms with Crippen molar-refractivity contribution in [2.24, 2.45) is 0 Å². The Balaban J connectivity index is 1.29. The number of hydrogen-bond acceptors (Lipinski definition) is 9. The molecule has 0 atom stereocenters. The van der Waals surface area contributed by atoms with Gasteiger partial charge in [0.2, 0.25) is 5.95 Å². The van der Waals surface area contributed by atoms with Gasteiger partial charge in [-0.3, -0.25) is 0 Å². The van der Waals surface area contributed by atoms with Gasteiger partial charge in [-0.2, -0.15) is 4.98 Å². The summed E-state index contributed by atoms with van der Waals surface area (Å²) >= 11 is 0. The minimum atomic E-state index is -0.571. The van der Waals surface area contributed by atoms with Crippen molar-refractivity contribution < 1.29 is 23.5 Å². The molecule has 37 heavy (non-hydrogen) atoms. The van der Waals surface area contributed by atoms with Crippen LogP contribution in [0.5, 0.6) is 0 Å². The quantitative estimate of drug-likeness (QED) is 0.595. The maximum Gasteiger partial charge on any atom is 0.410 e. The number of benzene rings is 1. The summed E-state index contributed by atoms with van der Waals surface area (Å²) in [5.41, 5.74) is 1.23. The maximum absolute atomic E-state index is 14.3. The summed E-state index contributed by atoms with van der Waals surface area (Å²) in [6.45, 7) is 11.1. The molecule has 0 unspecified atom stereocenters. The third-order valence-corrected chi connectivity index (χ3v) is 5.91. The first-order chi connectivity index (χ1) is 17.6. The minimum Gasteiger partial charge on any atom is -0.450 e. The number of rotatable bonds is 6. The van der Waals surface area contributed by atoms with E-state index in [1.54, 1.807) is 16.7 Å². The Morgan fingerprint density at radius 3 is 2.35 bits per heavy atom. The van der Waals surface area contributed by atoms with Crippen LogP contribution >= 0.6 is 0 Å². The number of carbonyl (C=O) groups excluding carboxylic acids is 2. The molecule has 2 aliphatic heterocycles. The first kappa shape index (κ1) is 26.2. The SMILES string of the molecule is CCOC(=O)N1CCN(c2ccc(Nc3ncc(F)c(NC4CN(C(=O)OC(C)(C)C)C4)n3)cc2)CC1. The molecule has 2 aromatic rings. The average Bonchev–Trinajstić information content (AvgIpc) is 2.82. The van der Waals surface area contributed by atoms with Crippen molar-refractivity contribution in [3.05, 3.63) is 36.3 Å². The van der Waals surface area contributed by atoms with Crippen LogP contribution in [0.15, 0.2) is 30.5 Å². The highest BCUT2D eigenvalue weighted by Gasteiger charge is 2.34. The Hall–Kier alpha value is -3.83. The van der Waals surface area contributed by atoms with E-state index in [4.69, 9.17) is 9.47 Å². The van der Waals surface area contributed by atoms with Gasteiger partial charge in [0.05, 0.1) is 18.8 Å². The predicted octanol–water partition coefficient (Wildman–Crippen LogP) is 3.67. The second kappa shape index (κ2) is 11.1. The van der Waals surface area contributed by atoms with Crippen LogP contribution in [0.2, 0.25) is 0 Å². The third-order valence-electron chi connectivity index (χ3n) is 5.91. The lowest BCUT2D eigenvalue weighted by atomic mass is 10.1. The van der Waals surface area contributed by atoms with Gasteiger partial charge in [0.15, 0.2) is 11.6 Å². The molecule has 2 aliphatic rings. The molecular formula is C25H34FN7O4. The molecule has 0 radical (unpaired) electrons. The summed E-state index contributed by atoms with van der Waals surface area (Å²) < 4.78 is 24.7. The average molecular weight is 516 g/mol. The largest absolute Gasteiger partial charge is 0.450 e. The normalized spacial score (nSPS) is 16.2. The molecule has 2 fully saturated rings. The topological polar surface area (TPSA) is 112 Å². The van der Waals surface area contributed by atoms with Crippen molar-refractivity contribution in [2.45, 2.75) is 39.3 Å². The van der Waals surface area contributed by atoms with E-state index in [0.29, 0.717) is 45.9 Å². The monoisotopic (exact) mass is 515 g/mol. The molecule has 11 nitrogen and oxygen atoms in total. The van der Waals surface area contributed by atoms with Gasteiger partial charge in [0, 0.05) is 50.6 Å². The first-order valence-electron chi connectivity index (χ1n) is 12.4. The number of hydrogen-bond donors (Lipinski definition) is 2. The molecule has 2 N–H and O–H groups in total. The van der Waals surface area contributed by atoms with Crippen LogP contribution in [0.25, 0.3) is 0 Å². The highest BCUT2D eigenvalue weighted by atomic mass is 19.1. The van der Waals surface area contributed by atoms with E-state index >= 15 is 0 Å². The highest BCUT2D eigenvalue weighted by Crippen LogP contribution is 2.24. The van der Waals surface area contributed by atoms with E-state index in [2.05, 4.69) is 25.5 Å². The molecule has 2 amide bonds. The number of ether oxygens (including phenoxy) is 2. The van der Waals surface area contributed by atoms with Crippen molar-refractivity contribution in [3.8, 4) is 0 Å². The molecule has 0 bridgehead atoms. The summed E-state index contributed by atoms with van der Waals surface area (Å²) in [5, 5.41) is 6.13. The van der Waals surface area contributed by atoms with Gasteiger partial charge in [-0.1, -0.05) is 0 Å². The van der Waals surface area contributed by atoms with Crippen molar-refractivity contribution in [2.75, 3.05) is 61.4 Å². The van der Waals surface area contributed by atoms with Gasteiger partial charge in [-0.15, -0.1) is 0 Å². The second-order valence-electron chi connectivity index (χ2n) is 9.96. The number of nitrogens with zero attached hydrogens (tertiary/aromatic N) is 5. The smallest absolute Gasteiger partial charge is 0.410 e. The zero-order chi connectivity index (χ0) is 26.6. The van der Waals surface area contributed by atoms with Gasteiger partial charge < -0.3 is 34.8 Å². The molecule has 0 saturated carbocycles. The number of aromatic nitrogens is 2. The van der Waals surface area contributed by atoms with Crippen molar-refractivity contribution >= 4 is 35.3 Å². The minimum absolute atomic E-state index is 0.0717. The van der Waals surface area contributed by atoms with Crippen molar-refractivity contribution in [1.82, 2.24) is 19.8 Å². The Bertz CT molecular complexity index is 1100. The zero-order valence-electron chi connectivity index (χ0n) is 21.7. The fraction of sp³-hybridized carbons (Fsp3) is 0.520. The number of carbonyl (C=O) groups is 2. The predicted molar refractivity (Wildman–Crippen MR) is 138 cm³/mol. The standard InChI is InChI=1S/C25H34FN7O4/c1-5-36-23(34)32-12-10-31(11-13-32)19-8-6-17(7-9-19)29-22-27-14-20(26)21(30-22)28-18-15-33(16-18)24(35)37-25(2,3)4/h6-9,14,18H,5,10-13,15-16H2,1-4H3,(H2,27,28,29,30). The molecular weight excluding hydrogens is 481 g/mol. The number of anilines is 4. The van der Waals surface area contributed by atoms with Gasteiger partial charge >= 0.3 is 12.2 Å². The van der Waals surface area contributed by atoms with Crippen LogP contribution in [-0.2, 0) is 9.47 Å². The van der Waals surface area contributed by atoms with E-state index < -0.39 is 11.4 Å². The third kappa shape index (κ3) is 6.89. The molecule has 0 spiro atoms. The van der Waals surface area contributed by atoms with Crippen LogP contribution in [0.4, 0.5) is 37.1 Å². The number of likely N-dealkylation sites (tertiary alicyclic amines) is 1. The summed E-state index contributed by atoms with van der Waals surface area (Å²) in [4.78, 5) is 37.8. The summed E-state index contributed by atoms with van der Waals surface area (Å²) in [5.74, 6) is -0.246. The van der Waals surface area contributed by atoms with E-state index in [0.717, 1.165) is 17.6 Å². The molecule has 1 aromatic heterocycles. The lowest BCUT2D eigenvalue weighted by Gasteiger charge is -2.40. The summed E-state index contributed by atoms with van der Waals surface area (Å²) in [7, 11) is 0. The van der Waals surface area contributed by atoms with Crippen molar-refractivity contribution in [3.63, 3.8) is 0 Å². The Labute approximate surface area is 215 Å². The van der Waals surface area contributed by atoms with E-state index in [9.17, 15) is 14.0 Å². The van der Waals surface area contributed by atoms with E-state index in [1.165, 1.54) is 0 Å². The van der Waals surface area contributed by atoms with E-state index in [1.807, 2.05) is 45.0 Å². The second-order valence-corrected chi connectivity index (χ2v) is 9.96. The fourth-order valence-corrected chi connectivity index (χ4v) is 4.01. The molecule has 200 valence electrons. The summed E-state index contributed by atoms with van der Waals surface area (Å²) in [6.07, 6.45) is 0.451. The van der Waals surface area contributed by atoms with Gasteiger partial charge in [0.1, 0.15) is 5.60 Å². The maximum atomic E-state index is 14.3. The first-order valence-corrected chi connectivity index (χ1v) is 12.4. The lowest BCUT2D eigenvalue weighted by molar-refractivity contribution is 0.0104. The Kier molecular flexibility index (Phi) is 7.84.